The summed E-state index contributed by atoms with van der Waals surface area (Å²) in [6.07, 6.45) is 0.735. The van der Waals surface area contributed by atoms with Crippen molar-refractivity contribution < 1.29 is 18.3 Å². The van der Waals surface area contributed by atoms with Gasteiger partial charge >= 0.3 is 5.97 Å². The number of aliphatic carboxylic acids is 1. The van der Waals surface area contributed by atoms with Crippen molar-refractivity contribution in [3.8, 4) is 6.07 Å². The quantitative estimate of drug-likeness (QED) is 0.794. The zero-order valence-electron chi connectivity index (χ0n) is 11.9. The lowest BCUT2D eigenvalue weighted by Crippen LogP contribution is -2.44. The van der Waals surface area contributed by atoms with Crippen molar-refractivity contribution in [1.29, 1.82) is 5.26 Å². The second-order valence-corrected chi connectivity index (χ2v) is 6.52. The number of hydrogen-bond donors (Lipinski definition) is 2. The molecular weight excluding hydrogens is 292 g/mol. The highest BCUT2D eigenvalue weighted by Crippen LogP contribution is 2.15. The number of sulfonamides is 1. The highest BCUT2D eigenvalue weighted by molar-refractivity contribution is 7.89. The Balaban J connectivity index is 2.99. The molecule has 0 aliphatic rings. The number of benzene rings is 1. The first-order valence-corrected chi connectivity index (χ1v) is 8.01. The zero-order valence-corrected chi connectivity index (χ0v) is 12.7. The predicted molar refractivity (Wildman–Crippen MR) is 77.0 cm³/mol. The van der Waals surface area contributed by atoms with E-state index in [-0.39, 0.29) is 17.2 Å². The van der Waals surface area contributed by atoms with E-state index in [1.807, 2.05) is 6.07 Å². The predicted octanol–water partition coefficient (Wildman–Crippen LogP) is 1.53. The molecule has 2 atom stereocenters. The molecule has 6 nitrogen and oxygen atoms in total. The Hall–Kier alpha value is -1.91. The number of carboxylic acid groups (broad SMARTS) is 1. The summed E-state index contributed by atoms with van der Waals surface area (Å²) in [5.74, 6) is -1.52. The van der Waals surface area contributed by atoms with Crippen LogP contribution < -0.4 is 4.72 Å². The van der Waals surface area contributed by atoms with Crippen molar-refractivity contribution in [3.05, 3.63) is 29.8 Å². The van der Waals surface area contributed by atoms with E-state index in [4.69, 9.17) is 10.4 Å². The first-order valence-electron chi connectivity index (χ1n) is 6.52. The lowest BCUT2D eigenvalue weighted by atomic mass is 10.0. The van der Waals surface area contributed by atoms with Crippen molar-refractivity contribution in [2.45, 2.75) is 37.6 Å². The standard InChI is InChI=1S/C14H18N2O4S/c1-3-10(2)13(14(17)18)16-21(19,20)12-6-4-11(5-7-12)8-9-15/h4-7,10,13,16H,3,8H2,1-2H3,(H,17,18). The fraction of sp³-hybridized carbons (Fsp3) is 0.429. The monoisotopic (exact) mass is 310 g/mol. The Morgan fingerprint density at radius 3 is 2.38 bits per heavy atom. The van der Waals surface area contributed by atoms with Gasteiger partial charge in [-0.3, -0.25) is 4.79 Å². The summed E-state index contributed by atoms with van der Waals surface area (Å²) in [7, 11) is -3.91. The molecule has 0 saturated carbocycles. The molecule has 7 heteroatoms. The topological polar surface area (TPSA) is 107 Å². The Bertz CT molecular complexity index is 632. The van der Waals surface area contributed by atoms with Gasteiger partial charge in [0, 0.05) is 0 Å². The van der Waals surface area contributed by atoms with Gasteiger partial charge in [0.1, 0.15) is 6.04 Å². The van der Waals surface area contributed by atoms with Crippen LogP contribution in [0.25, 0.3) is 0 Å². The van der Waals surface area contributed by atoms with Crippen LogP contribution in [0.4, 0.5) is 0 Å². The minimum absolute atomic E-state index is 0.0151. The Labute approximate surface area is 124 Å². The maximum Gasteiger partial charge on any atom is 0.322 e. The zero-order chi connectivity index (χ0) is 16.0. The van der Waals surface area contributed by atoms with Gasteiger partial charge in [0.05, 0.1) is 17.4 Å². The molecule has 1 aromatic carbocycles. The fourth-order valence-corrected chi connectivity index (χ4v) is 3.06. The number of nitrogens with one attached hydrogen (secondary N) is 1. The largest absolute Gasteiger partial charge is 0.480 e. The van der Waals surface area contributed by atoms with E-state index in [0.29, 0.717) is 12.0 Å². The fourth-order valence-electron chi connectivity index (χ4n) is 1.76. The summed E-state index contributed by atoms with van der Waals surface area (Å²) in [6, 6.07) is 6.61. The Kier molecular flexibility index (Phi) is 5.88. The summed E-state index contributed by atoms with van der Waals surface area (Å²) in [4.78, 5) is 11.2. The minimum atomic E-state index is -3.91. The number of carboxylic acids is 1. The molecule has 0 saturated heterocycles. The van der Waals surface area contributed by atoms with Crippen molar-refractivity contribution >= 4 is 16.0 Å². The lowest BCUT2D eigenvalue weighted by Gasteiger charge is -2.20. The van der Waals surface area contributed by atoms with Crippen LogP contribution in [0.15, 0.2) is 29.2 Å². The molecule has 21 heavy (non-hydrogen) atoms. The van der Waals surface area contributed by atoms with Crippen molar-refractivity contribution in [2.75, 3.05) is 0 Å². The Morgan fingerprint density at radius 1 is 1.38 bits per heavy atom. The minimum Gasteiger partial charge on any atom is -0.480 e. The van der Waals surface area contributed by atoms with Crippen LogP contribution in [0.5, 0.6) is 0 Å². The second kappa shape index (κ2) is 7.20. The van der Waals surface area contributed by atoms with Gasteiger partial charge in [0.15, 0.2) is 0 Å². The third-order valence-corrected chi connectivity index (χ3v) is 4.73. The molecule has 114 valence electrons. The molecular formula is C14H18N2O4S. The number of carbonyl (C=O) groups is 1. The molecule has 0 aliphatic heterocycles. The molecule has 0 amide bonds. The molecule has 2 N–H and O–H groups in total. The highest BCUT2D eigenvalue weighted by atomic mass is 32.2. The van der Waals surface area contributed by atoms with Gasteiger partial charge in [-0.25, -0.2) is 8.42 Å². The molecule has 0 heterocycles. The van der Waals surface area contributed by atoms with E-state index in [1.54, 1.807) is 13.8 Å². The first kappa shape index (κ1) is 17.1. The van der Waals surface area contributed by atoms with Gasteiger partial charge in [0.25, 0.3) is 0 Å². The molecule has 1 rings (SSSR count). The smallest absolute Gasteiger partial charge is 0.322 e. The molecule has 1 aromatic rings. The van der Waals surface area contributed by atoms with E-state index in [1.165, 1.54) is 24.3 Å². The summed E-state index contributed by atoms with van der Waals surface area (Å²) in [6.45, 7) is 3.48. The SMILES string of the molecule is CCC(C)C(NS(=O)(=O)c1ccc(CC#N)cc1)C(=O)O. The van der Waals surface area contributed by atoms with E-state index in [0.717, 1.165) is 0 Å². The highest BCUT2D eigenvalue weighted by Gasteiger charge is 2.29. The van der Waals surface area contributed by atoms with Crippen LogP contribution in [0.3, 0.4) is 0 Å². The summed E-state index contributed by atoms with van der Waals surface area (Å²) in [5, 5.41) is 17.7. The molecule has 0 aliphatic carbocycles. The van der Waals surface area contributed by atoms with E-state index in [2.05, 4.69) is 4.72 Å². The van der Waals surface area contributed by atoms with Crippen molar-refractivity contribution in [1.82, 2.24) is 4.72 Å². The van der Waals surface area contributed by atoms with Gasteiger partial charge in [-0.05, 0) is 23.6 Å². The van der Waals surface area contributed by atoms with Crippen LogP contribution in [0.1, 0.15) is 25.8 Å². The number of nitrogens with zero attached hydrogens (tertiary/aromatic N) is 1. The third-order valence-electron chi connectivity index (χ3n) is 3.28. The van der Waals surface area contributed by atoms with Crippen LogP contribution in [0, 0.1) is 17.2 Å². The summed E-state index contributed by atoms with van der Waals surface area (Å²) in [5.41, 5.74) is 0.702. The molecule has 0 spiro atoms. The van der Waals surface area contributed by atoms with Gasteiger partial charge in [-0.1, -0.05) is 32.4 Å². The van der Waals surface area contributed by atoms with E-state index < -0.39 is 22.0 Å². The van der Waals surface area contributed by atoms with Gasteiger partial charge in [0.2, 0.25) is 10.0 Å². The second-order valence-electron chi connectivity index (χ2n) is 4.80. The van der Waals surface area contributed by atoms with E-state index >= 15 is 0 Å². The van der Waals surface area contributed by atoms with Crippen LogP contribution in [-0.4, -0.2) is 25.5 Å². The molecule has 0 radical (unpaired) electrons. The number of nitriles is 1. The average molecular weight is 310 g/mol. The van der Waals surface area contributed by atoms with Gasteiger partial charge < -0.3 is 5.11 Å². The number of rotatable bonds is 7. The molecule has 0 aromatic heterocycles. The average Bonchev–Trinajstić information content (AvgIpc) is 2.44. The lowest BCUT2D eigenvalue weighted by molar-refractivity contribution is -0.140. The van der Waals surface area contributed by atoms with Crippen LogP contribution >= 0.6 is 0 Å². The maximum absolute atomic E-state index is 12.2. The molecule has 2 unspecified atom stereocenters. The molecule has 0 fully saturated rings. The Morgan fingerprint density at radius 2 is 1.95 bits per heavy atom. The maximum atomic E-state index is 12.2. The summed E-state index contributed by atoms with van der Waals surface area (Å²) >= 11 is 0. The van der Waals surface area contributed by atoms with Crippen LogP contribution in [0.2, 0.25) is 0 Å². The molecule has 0 bridgehead atoms. The van der Waals surface area contributed by atoms with Gasteiger partial charge in [-0.2, -0.15) is 9.98 Å². The van der Waals surface area contributed by atoms with E-state index in [9.17, 15) is 13.2 Å². The van der Waals surface area contributed by atoms with Gasteiger partial charge in [-0.15, -0.1) is 0 Å². The first-order chi connectivity index (χ1) is 9.81. The summed E-state index contributed by atoms with van der Waals surface area (Å²) < 4.78 is 26.6. The normalized spacial score (nSPS) is 14.1. The van der Waals surface area contributed by atoms with Crippen molar-refractivity contribution in [3.63, 3.8) is 0 Å². The van der Waals surface area contributed by atoms with Crippen LogP contribution in [-0.2, 0) is 21.2 Å². The number of hydrogen-bond acceptors (Lipinski definition) is 4. The third kappa shape index (κ3) is 4.55. The van der Waals surface area contributed by atoms with Crippen molar-refractivity contribution in [2.24, 2.45) is 5.92 Å².